The second-order valence-corrected chi connectivity index (χ2v) is 7.90. The molecule has 2 aromatic carbocycles. The van der Waals surface area contributed by atoms with Gasteiger partial charge in [-0.2, -0.15) is 0 Å². The van der Waals surface area contributed by atoms with E-state index in [2.05, 4.69) is 5.32 Å². The molecule has 0 aliphatic carbocycles. The summed E-state index contributed by atoms with van der Waals surface area (Å²) in [5.41, 5.74) is 8.11. The lowest BCUT2D eigenvalue weighted by atomic mass is 10.0. The molecule has 0 aromatic heterocycles. The standard InChI is InChI=1S/C24H30Cl2FN3O3/c1-2-33-24(32)22(16-18-3-7-19(27)8-4-18)29-23(31)21(28)15-17-5-9-20(10-6-17)30(13-11-25)14-12-26/h3-10,21-22H,2,11-16,28H2,1H3,(H,29,31)/i13D2. The summed E-state index contributed by atoms with van der Waals surface area (Å²) in [5, 5.41) is 2.64. The monoisotopic (exact) mass is 499 g/mol. The molecule has 0 saturated heterocycles. The van der Waals surface area contributed by atoms with E-state index in [9.17, 15) is 14.0 Å². The summed E-state index contributed by atoms with van der Waals surface area (Å²) in [6.07, 6.45) is 0.321. The lowest BCUT2D eigenvalue weighted by Crippen LogP contribution is -2.50. The van der Waals surface area contributed by atoms with Crippen molar-refractivity contribution in [2.24, 2.45) is 5.73 Å². The van der Waals surface area contributed by atoms with E-state index in [0.717, 1.165) is 5.56 Å². The Morgan fingerprint density at radius 3 is 2.27 bits per heavy atom. The number of nitrogens with two attached hydrogens (primary N) is 1. The van der Waals surface area contributed by atoms with Crippen molar-refractivity contribution in [1.29, 1.82) is 0 Å². The fourth-order valence-corrected chi connectivity index (χ4v) is 3.50. The number of nitrogens with one attached hydrogen (secondary N) is 1. The number of benzene rings is 2. The molecule has 2 atom stereocenters. The molecule has 9 heteroatoms. The third-order valence-corrected chi connectivity index (χ3v) is 5.13. The van der Waals surface area contributed by atoms with Crippen LogP contribution in [0.3, 0.4) is 0 Å². The normalized spacial score (nSPS) is 14.0. The number of hydrogen-bond donors (Lipinski definition) is 2. The number of carbonyl (C=O) groups excluding carboxylic acids is 2. The zero-order valence-electron chi connectivity index (χ0n) is 20.4. The van der Waals surface area contributed by atoms with Crippen LogP contribution in [0.5, 0.6) is 0 Å². The summed E-state index contributed by atoms with van der Waals surface area (Å²) in [7, 11) is 0. The number of nitrogens with zero attached hydrogens (tertiary/aromatic N) is 1. The maximum absolute atomic E-state index is 13.2. The third kappa shape index (κ3) is 8.84. The van der Waals surface area contributed by atoms with Gasteiger partial charge in [-0.05, 0) is 48.7 Å². The van der Waals surface area contributed by atoms with Gasteiger partial charge < -0.3 is 20.7 Å². The van der Waals surface area contributed by atoms with Crippen molar-refractivity contribution in [2.45, 2.75) is 31.8 Å². The molecule has 33 heavy (non-hydrogen) atoms. The molecule has 2 aromatic rings. The molecule has 0 aliphatic heterocycles. The quantitative estimate of drug-likeness (QED) is 0.326. The number of anilines is 1. The molecule has 2 unspecified atom stereocenters. The van der Waals surface area contributed by atoms with Crippen LogP contribution < -0.4 is 16.0 Å². The molecule has 0 heterocycles. The van der Waals surface area contributed by atoms with Crippen LogP contribution in [-0.2, 0) is 27.2 Å². The van der Waals surface area contributed by atoms with Crippen molar-refractivity contribution < 1.29 is 21.5 Å². The molecule has 1 amide bonds. The summed E-state index contributed by atoms with van der Waals surface area (Å²) in [5.74, 6) is -1.53. The number of amides is 1. The predicted octanol–water partition coefficient (Wildman–Crippen LogP) is 3.27. The van der Waals surface area contributed by atoms with Gasteiger partial charge in [-0.3, -0.25) is 4.79 Å². The van der Waals surface area contributed by atoms with E-state index in [1.54, 1.807) is 31.2 Å². The van der Waals surface area contributed by atoms with Crippen molar-refractivity contribution in [3.8, 4) is 0 Å². The Labute approximate surface area is 207 Å². The molecular formula is C24H30Cl2FN3O3. The first-order valence-electron chi connectivity index (χ1n) is 11.6. The lowest BCUT2D eigenvalue weighted by molar-refractivity contribution is -0.147. The van der Waals surface area contributed by atoms with Gasteiger partial charge in [-0.25, -0.2) is 9.18 Å². The zero-order valence-corrected chi connectivity index (χ0v) is 19.9. The van der Waals surface area contributed by atoms with Gasteiger partial charge in [0.15, 0.2) is 0 Å². The van der Waals surface area contributed by atoms with Crippen LogP contribution in [0.1, 0.15) is 20.8 Å². The van der Waals surface area contributed by atoms with Gasteiger partial charge in [0.1, 0.15) is 11.9 Å². The topological polar surface area (TPSA) is 84.7 Å². The average molecular weight is 500 g/mol. The number of alkyl halides is 2. The molecule has 0 bridgehead atoms. The SMILES string of the molecule is [2H]C([2H])(CCl)N(CCCl)c1ccc(CC(N)C(=O)NC(Cc2ccc(F)cc2)C(=O)OCC)cc1. The molecule has 0 saturated carbocycles. The third-order valence-electron chi connectivity index (χ3n) is 4.84. The van der Waals surface area contributed by atoms with Crippen LogP contribution >= 0.6 is 23.2 Å². The highest BCUT2D eigenvalue weighted by atomic mass is 35.5. The molecular weight excluding hydrogens is 468 g/mol. The second kappa shape index (κ2) is 14.0. The Bertz CT molecular complexity index is 965. The smallest absolute Gasteiger partial charge is 0.328 e. The molecule has 0 aliphatic rings. The number of esters is 1. The molecule has 180 valence electrons. The zero-order chi connectivity index (χ0) is 26.0. The number of hydrogen-bond acceptors (Lipinski definition) is 5. The second-order valence-electron chi connectivity index (χ2n) is 7.25. The lowest BCUT2D eigenvalue weighted by Gasteiger charge is -2.23. The van der Waals surface area contributed by atoms with Crippen LogP contribution in [0, 0.1) is 5.82 Å². The molecule has 0 radical (unpaired) electrons. The highest BCUT2D eigenvalue weighted by Gasteiger charge is 2.25. The highest BCUT2D eigenvalue weighted by Crippen LogP contribution is 2.16. The molecule has 6 nitrogen and oxygen atoms in total. The minimum absolute atomic E-state index is 0.130. The van der Waals surface area contributed by atoms with Crippen LogP contribution in [0.4, 0.5) is 10.1 Å². The maximum atomic E-state index is 13.2. The summed E-state index contributed by atoms with van der Waals surface area (Å²) >= 11 is 11.6. The number of carbonyl (C=O) groups is 2. The van der Waals surface area contributed by atoms with E-state index < -0.39 is 36.3 Å². The molecule has 3 N–H and O–H groups in total. The summed E-state index contributed by atoms with van der Waals surface area (Å²) < 4.78 is 34.4. The first-order chi connectivity index (χ1) is 16.6. The van der Waals surface area contributed by atoms with Crippen molar-refractivity contribution >= 4 is 40.8 Å². The van der Waals surface area contributed by atoms with Gasteiger partial charge in [0, 0.05) is 36.9 Å². The van der Waals surface area contributed by atoms with Gasteiger partial charge in [0.05, 0.1) is 15.4 Å². The minimum Gasteiger partial charge on any atom is -0.464 e. The van der Waals surface area contributed by atoms with Crippen molar-refractivity contribution in [3.05, 3.63) is 65.5 Å². The van der Waals surface area contributed by atoms with Crippen molar-refractivity contribution in [1.82, 2.24) is 5.32 Å². The Balaban J connectivity index is 2.07. The highest BCUT2D eigenvalue weighted by molar-refractivity contribution is 6.18. The number of rotatable bonds is 13. The maximum Gasteiger partial charge on any atom is 0.328 e. The van der Waals surface area contributed by atoms with Gasteiger partial charge in [-0.1, -0.05) is 24.3 Å². The van der Waals surface area contributed by atoms with Crippen molar-refractivity contribution in [2.75, 3.05) is 36.3 Å². The van der Waals surface area contributed by atoms with E-state index in [0.29, 0.717) is 11.3 Å². The van der Waals surface area contributed by atoms with Crippen LogP contribution in [0.25, 0.3) is 0 Å². The Morgan fingerprint density at radius 2 is 1.70 bits per heavy atom. The average Bonchev–Trinajstić information content (AvgIpc) is 2.84. The van der Waals surface area contributed by atoms with E-state index >= 15 is 0 Å². The first kappa shape index (κ1) is 23.8. The fraction of sp³-hybridized carbons (Fsp3) is 0.417. The minimum atomic E-state index is -1.78. The van der Waals surface area contributed by atoms with Gasteiger partial charge in [0.2, 0.25) is 5.91 Å². The number of ether oxygens (including phenoxy) is 1. The summed E-state index contributed by atoms with van der Waals surface area (Å²) in [6, 6.07) is 10.6. The molecule has 0 fully saturated rings. The van der Waals surface area contributed by atoms with E-state index in [1.807, 2.05) is 0 Å². The first-order valence-corrected chi connectivity index (χ1v) is 11.6. The predicted molar refractivity (Wildman–Crippen MR) is 130 cm³/mol. The van der Waals surface area contributed by atoms with E-state index in [-0.39, 0.29) is 37.8 Å². The van der Waals surface area contributed by atoms with Crippen LogP contribution in [-0.4, -0.2) is 55.4 Å². The Morgan fingerprint density at radius 1 is 1.09 bits per heavy atom. The van der Waals surface area contributed by atoms with Gasteiger partial charge in [-0.15, -0.1) is 23.2 Å². The van der Waals surface area contributed by atoms with E-state index in [4.69, 9.17) is 36.4 Å². The molecule has 0 spiro atoms. The van der Waals surface area contributed by atoms with Crippen LogP contribution in [0.15, 0.2) is 48.5 Å². The Kier molecular flexibility index (Phi) is 10.1. The van der Waals surface area contributed by atoms with E-state index in [1.165, 1.54) is 29.2 Å². The largest absolute Gasteiger partial charge is 0.464 e. The van der Waals surface area contributed by atoms with Crippen molar-refractivity contribution in [3.63, 3.8) is 0 Å². The van der Waals surface area contributed by atoms with Crippen LogP contribution in [0.2, 0.25) is 0 Å². The fourth-order valence-electron chi connectivity index (χ4n) is 3.19. The number of halogens is 3. The Hall–Kier alpha value is -2.35. The summed E-state index contributed by atoms with van der Waals surface area (Å²) in [4.78, 5) is 26.6. The summed E-state index contributed by atoms with van der Waals surface area (Å²) in [6.45, 7) is 0.305. The van der Waals surface area contributed by atoms with Gasteiger partial charge >= 0.3 is 5.97 Å². The molecule has 2 rings (SSSR count). The van der Waals surface area contributed by atoms with Gasteiger partial charge in [0.25, 0.3) is 0 Å².